The number of amides is 1. The fraction of sp³-hybridized carbons (Fsp3) is 0.407. The molecular formula is C27H29FN6O2S. The van der Waals surface area contributed by atoms with Crippen LogP contribution >= 0.6 is 11.8 Å². The van der Waals surface area contributed by atoms with E-state index >= 15 is 0 Å². The monoisotopic (exact) mass is 520 g/mol. The largest absolute Gasteiger partial charge is 0.464 e. The van der Waals surface area contributed by atoms with Crippen LogP contribution in [0.2, 0.25) is 0 Å². The minimum absolute atomic E-state index is 0.0499. The number of halogens is 1. The molecule has 0 saturated carbocycles. The van der Waals surface area contributed by atoms with E-state index in [0.717, 1.165) is 67.2 Å². The van der Waals surface area contributed by atoms with Crippen LogP contribution in [0.15, 0.2) is 39.8 Å². The summed E-state index contributed by atoms with van der Waals surface area (Å²) in [5.74, 6) is 3.32. The molecule has 2 aliphatic heterocycles. The number of rotatable bonds is 6. The number of nitrogens with zero attached hydrogens (tertiary/aromatic N) is 5. The lowest BCUT2D eigenvalue weighted by atomic mass is 9.93. The van der Waals surface area contributed by atoms with E-state index < -0.39 is 6.08 Å². The molecule has 1 fully saturated rings. The van der Waals surface area contributed by atoms with Gasteiger partial charge in [-0.3, -0.25) is 4.79 Å². The van der Waals surface area contributed by atoms with Crippen LogP contribution in [0.25, 0.3) is 22.5 Å². The number of carbonyl (C=O) groups excluding carboxylic acids is 1. The number of furan rings is 1. The maximum absolute atomic E-state index is 14.2. The van der Waals surface area contributed by atoms with Crippen molar-refractivity contribution in [2.75, 3.05) is 24.6 Å². The van der Waals surface area contributed by atoms with Gasteiger partial charge in [-0.05, 0) is 60.9 Å². The lowest BCUT2D eigenvalue weighted by Crippen LogP contribution is -2.37. The molecule has 6 rings (SSSR count). The van der Waals surface area contributed by atoms with Gasteiger partial charge in [0.1, 0.15) is 11.6 Å². The Morgan fingerprint density at radius 1 is 1.24 bits per heavy atom. The van der Waals surface area contributed by atoms with Crippen molar-refractivity contribution in [3.05, 3.63) is 53.6 Å². The Morgan fingerprint density at radius 2 is 2.08 bits per heavy atom. The standard InChI is InChI=1S/C27H29FN6O2S/c1-16(35)33-8-4-17(5-9-33)6-10-34-23(30-24-25(29)31-27(28)32-26(24)34)14-19-13-18-7-12-37-22(18)15-20(19)21-3-2-11-36-21/h2-3,11,13,15,17H,4-10,12,14H2,1H3,(H2,29,31,32). The number of hydrogen-bond donors (Lipinski definition) is 1. The Balaban J connectivity index is 1.35. The maximum Gasteiger partial charge on any atom is 0.312 e. The van der Waals surface area contributed by atoms with Crippen LogP contribution in [0.1, 0.15) is 43.1 Å². The number of carbonyl (C=O) groups is 1. The third-order valence-corrected chi connectivity index (χ3v) is 8.64. The summed E-state index contributed by atoms with van der Waals surface area (Å²) in [7, 11) is 0. The van der Waals surface area contributed by atoms with E-state index in [2.05, 4.69) is 22.1 Å². The summed E-state index contributed by atoms with van der Waals surface area (Å²) in [6.07, 6.45) is 5.21. The van der Waals surface area contributed by atoms with Crippen LogP contribution in [0.4, 0.5) is 10.2 Å². The molecule has 0 unspecified atom stereocenters. The van der Waals surface area contributed by atoms with Crippen LogP contribution in [0, 0.1) is 12.0 Å². The van der Waals surface area contributed by atoms with E-state index in [1.807, 2.05) is 33.4 Å². The Morgan fingerprint density at radius 3 is 2.84 bits per heavy atom. The molecule has 1 amide bonds. The number of hydrogen-bond acceptors (Lipinski definition) is 7. The predicted molar refractivity (Wildman–Crippen MR) is 141 cm³/mol. The topological polar surface area (TPSA) is 103 Å². The zero-order valence-electron chi connectivity index (χ0n) is 20.7. The lowest BCUT2D eigenvalue weighted by molar-refractivity contribution is -0.130. The van der Waals surface area contributed by atoms with E-state index in [-0.39, 0.29) is 11.7 Å². The summed E-state index contributed by atoms with van der Waals surface area (Å²) in [4.78, 5) is 27.5. The predicted octanol–water partition coefficient (Wildman–Crippen LogP) is 4.70. The maximum atomic E-state index is 14.2. The minimum Gasteiger partial charge on any atom is -0.464 e. The van der Waals surface area contributed by atoms with Crippen molar-refractivity contribution in [3.8, 4) is 11.3 Å². The average Bonchev–Trinajstić information content (AvgIpc) is 3.63. The highest BCUT2D eigenvalue weighted by molar-refractivity contribution is 7.99. The molecule has 37 heavy (non-hydrogen) atoms. The number of fused-ring (bicyclic) bond motifs is 2. The van der Waals surface area contributed by atoms with Crippen molar-refractivity contribution in [1.82, 2.24) is 24.4 Å². The molecule has 8 nitrogen and oxygen atoms in total. The SMILES string of the molecule is CC(=O)N1CCC(CCn2c(Cc3cc4c(cc3-c3ccco3)SCC4)nc3c(N)nc(F)nc32)CC1. The van der Waals surface area contributed by atoms with Crippen LogP contribution in [0.5, 0.6) is 0 Å². The second-order valence-corrected chi connectivity index (χ2v) is 11.0. The van der Waals surface area contributed by atoms with Crippen molar-refractivity contribution in [2.24, 2.45) is 5.92 Å². The molecule has 1 saturated heterocycles. The number of nitrogens with two attached hydrogens (primary N) is 1. The summed E-state index contributed by atoms with van der Waals surface area (Å²) >= 11 is 1.87. The van der Waals surface area contributed by atoms with Crippen molar-refractivity contribution in [2.45, 2.75) is 50.5 Å². The van der Waals surface area contributed by atoms with Gasteiger partial charge in [-0.2, -0.15) is 14.4 Å². The molecule has 0 radical (unpaired) electrons. The third-order valence-electron chi connectivity index (χ3n) is 7.54. The van der Waals surface area contributed by atoms with Crippen molar-refractivity contribution >= 4 is 34.7 Å². The number of thioether (sulfide) groups is 1. The minimum atomic E-state index is -0.849. The number of piperidine rings is 1. The number of benzene rings is 1. The molecule has 4 aromatic rings. The number of imidazole rings is 1. The summed E-state index contributed by atoms with van der Waals surface area (Å²) in [6, 6.07) is 8.33. The lowest BCUT2D eigenvalue weighted by Gasteiger charge is -2.31. The van der Waals surface area contributed by atoms with Crippen LogP contribution in [-0.4, -0.2) is 49.2 Å². The highest BCUT2D eigenvalue weighted by Crippen LogP contribution is 2.38. The number of likely N-dealkylation sites (tertiary alicyclic amines) is 1. The highest BCUT2D eigenvalue weighted by Gasteiger charge is 2.24. The Hall–Kier alpha value is -3.40. The van der Waals surface area contributed by atoms with Gasteiger partial charge in [0.05, 0.1) is 6.26 Å². The van der Waals surface area contributed by atoms with Crippen LogP contribution in [-0.2, 0) is 24.2 Å². The summed E-state index contributed by atoms with van der Waals surface area (Å²) in [6.45, 7) is 3.82. The molecular weight excluding hydrogens is 491 g/mol. The van der Waals surface area contributed by atoms with Crippen molar-refractivity contribution in [1.29, 1.82) is 0 Å². The average molecular weight is 521 g/mol. The molecule has 0 bridgehead atoms. The first-order valence-electron chi connectivity index (χ1n) is 12.7. The van der Waals surface area contributed by atoms with Crippen molar-refractivity contribution < 1.29 is 13.6 Å². The van der Waals surface area contributed by atoms with Crippen LogP contribution in [0.3, 0.4) is 0 Å². The van der Waals surface area contributed by atoms with Crippen LogP contribution < -0.4 is 5.73 Å². The number of aryl methyl sites for hydroxylation is 2. The first-order valence-corrected chi connectivity index (χ1v) is 13.7. The third kappa shape index (κ3) is 4.70. The molecule has 1 aromatic carbocycles. The smallest absolute Gasteiger partial charge is 0.312 e. The van der Waals surface area contributed by atoms with Gasteiger partial charge in [0.15, 0.2) is 17.0 Å². The molecule has 10 heteroatoms. The van der Waals surface area contributed by atoms with Gasteiger partial charge >= 0.3 is 6.08 Å². The molecule has 3 aromatic heterocycles. The fourth-order valence-electron chi connectivity index (χ4n) is 5.51. The fourth-order valence-corrected chi connectivity index (χ4v) is 6.60. The van der Waals surface area contributed by atoms with Gasteiger partial charge in [0.25, 0.3) is 0 Å². The zero-order valence-corrected chi connectivity index (χ0v) is 21.6. The van der Waals surface area contributed by atoms with E-state index in [0.29, 0.717) is 30.0 Å². The molecule has 5 heterocycles. The second kappa shape index (κ2) is 9.81. The van der Waals surface area contributed by atoms with Gasteiger partial charge in [-0.25, -0.2) is 4.98 Å². The van der Waals surface area contributed by atoms with E-state index in [1.165, 1.54) is 10.5 Å². The summed E-state index contributed by atoms with van der Waals surface area (Å²) < 4.78 is 22.0. The quantitative estimate of drug-likeness (QED) is 0.368. The Kier molecular flexibility index (Phi) is 6.36. The van der Waals surface area contributed by atoms with Gasteiger partial charge in [-0.15, -0.1) is 11.8 Å². The van der Waals surface area contributed by atoms with E-state index in [4.69, 9.17) is 15.1 Å². The number of aromatic nitrogens is 4. The summed E-state index contributed by atoms with van der Waals surface area (Å²) in [5.41, 5.74) is 10.4. The van der Waals surface area contributed by atoms with Gasteiger partial charge < -0.3 is 19.6 Å². The normalized spacial score (nSPS) is 16.0. The van der Waals surface area contributed by atoms with E-state index in [1.54, 1.807) is 13.2 Å². The molecule has 2 N–H and O–H groups in total. The number of anilines is 1. The molecule has 0 aliphatic carbocycles. The van der Waals surface area contributed by atoms with Gasteiger partial charge in [-0.1, -0.05) is 6.07 Å². The molecule has 0 atom stereocenters. The zero-order chi connectivity index (χ0) is 25.5. The Labute approximate surface area is 218 Å². The number of nitrogen functional groups attached to an aromatic ring is 1. The summed E-state index contributed by atoms with van der Waals surface area (Å²) in [5, 5.41) is 0. The first kappa shape index (κ1) is 24.0. The first-order chi connectivity index (χ1) is 18.0. The molecule has 2 aliphatic rings. The Bertz CT molecular complexity index is 1460. The van der Waals surface area contributed by atoms with Gasteiger partial charge in [0, 0.05) is 49.2 Å². The van der Waals surface area contributed by atoms with Crippen molar-refractivity contribution in [3.63, 3.8) is 0 Å². The highest BCUT2D eigenvalue weighted by atomic mass is 32.2. The van der Waals surface area contributed by atoms with E-state index in [9.17, 15) is 9.18 Å². The second-order valence-electron chi connectivity index (χ2n) is 9.84. The molecule has 192 valence electrons. The van der Waals surface area contributed by atoms with Gasteiger partial charge in [0.2, 0.25) is 5.91 Å². The molecule has 0 spiro atoms.